The number of carboxylic acid groups (broad SMARTS) is 1. The Bertz CT molecular complexity index is 594. The molecule has 1 rings (SSSR count). The minimum absolute atomic E-state index is 0.270. The number of thioether (sulfide) groups is 1. The highest BCUT2D eigenvalue weighted by molar-refractivity contribution is 7.98. The third-order valence-corrected chi connectivity index (χ3v) is 5.51. The number of aliphatic carboxylic acids is 1. The molecule has 0 unspecified atom stereocenters. The molecular formula is C18H33N3O8S. The van der Waals surface area contributed by atoms with Gasteiger partial charge in [0.25, 0.3) is 0 Å². The fourth-order valence-electron chi connectivity index (χ4n) is 2.98. The number of ether oxygens (including phenoxy) is 1. The molecule has 8 N–H and O–H groups in total. The van der Waals surface area contributed by atoms with E-state index in [1.54, 1.807) is 25.6 Å². The molecule has 0 saturated carbocycles. The van der Waals surface area contributed by atoms with Crippen LogP contribution < -0.4 is 16.4 Å². The average molecular weight is 452 g/mol. The van der Waals surface area contributed by atoms with Gasteiger partial charge in [-0.05, 0) is 24.3 Å². The van der Waals surface area contributed by atoms with Crippen molar-refractivity contribution >= 4 is 29.5 Å². The second-order valence-electron chi connectivity index (χ2n) is 7.65. The van der Waals surface area contributed by atoms with Crippen molar-refractivity contribution in [3.05, 3.63) is 0 Å². The Morgan fingerprint density at radius 3 is 2.40 bits per heavy atom. The first kappa shape index (κ1) is 26.6. The van der Waals surface area contributed by atoms with Gasteiger partial charge in [0, 0.05) is 13.0 Å². The predicted molar refractivity (Wildman–Crippen MR) is 110 cm³/mol. The molecule has 2 amide bonds. The minimum Gasteiger partial charge on any atom is -0.479 e. The molecular weight excluding hydrogens is 418 g/mol. The minimum atomic E-state index is -1.51. The normalized spacial score (nSPS) is 27.2. The number of aliphatic hydroxyl groups is 3. The Kier molecular flexibility index (Phi) is 11.0. The molecule has 12 heteroatoms. The first-order valence-corrected chi connectivity index (χ1v) is 11.1. The second-order valence-corrected chi connectivity index (χ2v) is 8.64. The standard InChI is InChI=1S/C18H33N3O8S/c1-8(2)13(21-16(25)9(19)4-5-30-3)17(26)20-7-11(23)15-14(24)10(22)6-12(29-15)18(27)28/h8-15,22-24H,4-7,19H2,1-3H3,(H,20,26)(H,21,25)(H,27,28)/t9-,10+,11-,12-,13-,14+,15+/m0/s1. The Balaban J connectivity index is 2.67. The van der Waals surface area contributed by atoms with Crippen LogP contribution in [0.1, 0.15) is 26.7 Å². The molecule has 0 spiro atoms. The van der Waals surface area contributed by atoms with Gasteiger partial charge in [0.05, 0.1) is 12.1 Å². The highest BCUT2D eigenvalue weighted by atomic mass is 32.2. The van der Waals surface area contributed by atoms with Crippen LogP contribution in [0.5, 0.6) is 0 Å². The van der Waals surface area contributed by atoms with Crippen molar-refractivity contribution in [2.45, 2.75) is 69.3 Å². The number of carbonyl (C=O) groups is 3. The molecule has 11 nitrogen and oxygen atoms in total. The topological polar surface area (TPSA) is 191 Å². The number of carboxylic acids is 1. The molecule has 7 atom stereocenters. The van der Waals surface area contributed by atoms with Gasteiger partial charge in [0.1, 0.15) is 24.4 Å². The first-order valence-electron chi connectivity index (χ1n) is 9.74. The Morgan fingerprint density at radius 1 is 1.23 bits per heavy atom. The van der Waals surface area contributed by atoms with E-state index in [2.05, 4.69) is 10.6 Å². The molecule has 30 heavy (non-hydrogen) atoms. The van der Waals surface area contributed by atoms with Crippen LogP contribution in [0.4, 0.5) is 0 Å². The highest BCUT2D eigenvalue weighted by Gasteiger charge is 2.43. The van der Waals surface area contributed by atoms with E-state index in [9.17, 15) is 29.7 Å². The van der Waals surface area contributed by atoms with Gasteiger partial charge in [-0.25, -0.2) is 4.79 Å². The summed E-state index contributed by atoms with van der Waals surface area (Å²) in [7, 11) is 0. The molecule has 1 aliphatic heterocycles. The van der Waals surface area contributed by atoms with Gasteiger partial charge in [-0.15, -0.1) is 0 Å². The maximum absolute atomic E-state index is 12.5. The molecule has 0 bridgehead atoms. The van der Waals surface area contributed by atoms with E-state index < -0.39 is 60.4 Å². The number of aliphatic hydroxyl groups excluding tert-OH is 3. The molecule has 0 aromatic heterocycles. The maximum Gasteiger partial charge on any atom is 0.332 e. The highest BCUT2D eigenvalue weighted by Crippen LogP contribution is 2.23. The Morgan fingerprint density at radius 2 is 1.87 bits per heavy atom. The van der Waals surface area contributed by atoms with Gasteiger partial charge >= 0.3 is 5.97 Å². The molecule has 0 aromatic carbocycles. The first-order chi connectivity index (χ1) is 14.0. The largest absolute Gasteiger partial charge is 0.479 e. The molecule has 1 heterocycles. The second kappa shape index (κ2) is 12.4. The van der Waals surface area contributed by atoms with E-state index in [0.717, 1.165) is 0 Å². The molecule has 0 radical (unpaired) electrons. The van der Waals surface area contributed by atoms with Crippen LogP contribution in [0.2, 0.25) is 0 Å². The average Bonchev–Trinajstić information content (AvgIpc) is 2.69. The van der Waals surface area contributed by atoms with E-state index in [4.69, 9.17) is 15.6 Å². The number of nitrogens with two attached hydrogens (primary N) is 1. The lowest BCUT2D eigenvalue weighted by Crippen LogP contribution is -2.58. The number of hydrogen-bond donors (Lipinski definition) is 7. The molecule has 0 aromatic rings. The quantitative estimate of drug-likeness (QED) is 0.179. The van der Waals surface area contributed by atoms with Gasteiger partial charge in [-0.1, -0.05) is 13.8 Å². The van der Waals surface area contributed by atoms with Crippen LogP contribution in [0.25, 0.3) is 0 Å². The van der Waals surface area contributed by atoms with Crippen molar-refractivity contribution in [2.24, 2.45) is 11.7 Å². The summed E-state index contributed by atoms with van der Waals surface area (Å²) in [4.78, 5) is 35.9. The van der Waals surface area contributed by atoms with Crippen molar-refractivity contribution in [1.29, 1.82) is 0 Å². The molecule has 1 saturated heterocycles. The van der Waals surface area contributed by atoms with Crippen LogP contribution in [0.3, 0.4) is 0 Å². The van der Waals surface area contributed by atoms with Crippen molar-refractivity contribution in [2.75, 3.05) is 18.6 Å². The lowest BCUT2D eigenvalue weighted by Gasteiger charge is -2.38. The Labute approximate surface area is 179 Å². The van der Waals surface area contributed by atoms with Crippen LogP contribution in [-0.2, 0) is 19.1 Å². The zero-order valence-corrected chi connectivity index (χ0v) is 18.2. The third-order valence-electron chi connectivity index (χ3n) is 4.86. The SMILES string of the molecule is CSCC[C@H](N)C(=O)N[C@H](C(=O)NC[C@H](O)[C@H]1O[C@H](C(=O)O)C[C@@H](O)[C@H]1O)C(C)C. The van der Waals surface area contributed by atoms with Crippen LogP contribution >= 0.6 is 11.8 Å². The zero-order valence-electron chi connectivity index (χ0n) is 17.4. The van der Waals surface area contributed by atoms with Gasteiger partial charge in [-0.3, -0.25) is 9.59 Å². The molecule has 0 aliphatic carbocycles. The third kappa shape index (κ3) is 7.67. The lowest BCUT2D eigenvalue weighted by molar-refractivity contribution is -0.208. The predicted octanol–water partition coefficient (Wildman–Crippen LogP) is -2.35. The van der Waals surface area contributed by atoms with E-state index in [-0.39, 0.29) is 18.9 Å². The van der Waals surface area contributed by atoms with Gasteiger partial charge in [0.15, 0.2) is 6.10 Å². The molecule has 1 fully saturated rings. The summed E-state index contributed by atoms with van der Waals surface area (Å²) in [6.07, 6.45) is -5.13. The number of nitrogens with one attached hydrogen (secondary N) is 2. The molecule has 1 aliphatic rings. The summed E-state index contributed by atoms with van der Waals surface area (Å²) in [6, 6.07) is -1.66. The van der Waals surface area contributed by atoms with Gasteiger partial charge in [0.2, 0.25) is 11.8 Å². The zero-order chi connectivity index (χ0) is 23.0. The fraction of sp³-hybridized carbons (Fsp3) is 0.833. The van der Waals surface area contributed by atoms with E-state index in [1.807, 2.05) is 6.26 Å². The summed E-state index contributed by atoms with van der Waals surface area (Å²) in [6.45, 7) is 3.09. The number of hydrogen-bond acceptors (Lipinski definition) is 9. The summed E-state index contributed by atoms with van der Waals surface area (Å²) in [5, 5.41) is 44.2. The van der Waals surface area contributed by atoms with Crippen molar-refractivity contribution < 1.29 is 39.5 Å². The number of rotatable bonds is 11. The smallest absolute Gasteiger partial charge is 0.332 e. The summed E-state index contributed by atoms with van der Waals surface area (Å²) in [5.41, 5.74) is 5.82. The van der Waals surface area contributed by atoms with E-state index >= 15 is 0 Å². The summed E-state index contributed by atoms with van der Waals surface area (Å²) in [5.74, 6) is -1.94. The van der Waals surface area contributed by atoms with Crippen LogP contribution in [-0.4, -0.2) is 99.4 Å². The van der Waals surface area contributed by atoms with Crippen LogP contribution in [0.15, 0.2) is 0 Å². The number of carbonyl (C=O) groups excluding carboxylic acids is 2. The monoisotopic (exact) mass is 451 g/mol. The fourth-order valence-corrected chi connectivity index (χ4v) is 3.47. The van der Waals surface area contributed by atoms with Crippen LogP contribution in [0, 0.1) is 5.92 Å². The Hall–Kier alpha value is -1.44. The van der Waals surface area contributed by atoms with Crippen molar-refractivity contribution in [3.63, 3.8) is 0 Å². The van der Waals surface area contributed by atoms with Crippen molar-refractivity contribution in [1.82, 2.24) is 10.6 Å². The maximum atomic E-state index is 12.5. The van der Waals surface area contributed by atoms with E-state index in [1.165, 1.54) is 0 Å². The summed E-state index contributed by atoms with van der Waals surface area (Å²) >= 11 is 1.55. The van der Waals surface area contributed by atoms with E-state index in [0.29, 0.717) is 12.2 Å². The van der Waals surface area contributed by atoms with Gasteiger partial charge < -0.3 is 41.5 Å². The van der Waals surface area contributed by atoms with Gasteiger partial charge in [-0.2, -0.15) is 11.8 Å². The summed E-state index contributed by atoms with van der Waals surface area (Å²) < 4.78 is 5.17. The number of amides is 2. The lowest BCUT2D eigenvalue weighted by atomic mass is 9.94. The van der Waals surface area contributed by atoms with Crippen molar-refractivity contribution in [3.8, 4) is 0 Å². The molecule has 174 valence electrons.